The molecule has 10 rings (SSSR count). The van der Waals surface area contributed by atoms with Gasteiger partial charge in [-0.05, 0) is 80.9 Å². The summed E-state index contributed by atoms with van der Waals surface area (Å²) >= 11 is 1.88. The van der Waals surface area contributed by atoms with E-state index >= 15 is 0 Å². The van der Waals surface area contributed by atoms with Crippen molar-refractivity contribution in [3.05, 3.63) is 174 Å². The van der Waals surface area contributed by atoms with Gasteiger partial charge in [-0.25, -0.2) is 0 Å². The van der Waals surface area contributed by atoms with Crippen LogP contribution in [0.3, 0.4) is 0 Å². The Hall–Kier alpha value is -5.44. The predicted molar refractivity (Wildman–Crippen MR) is 215 cm³/mol. The van der Waals surface area contributed by atoms with Crippen LogP contribution in [0.15, 0.2) is 152 Å². The van der Waals surface area contributed by atoms with E-state index in [2.05, 4.69) is 184 Å². The number of nitrogens with zero attached hydrogens (tertiary/aromatic N) is 1. The molecule has 0 aliphatic heterocycles. The summed E-state index contributed by atoms with van der Waals surface area (Å²) in [6.07, 6.45) is 0. The van der Waals surface area contributed by atoms with Gasteiger partial charge in [-0.2, -0.15) is 0 Å². The van der Waals surface area contributed by atoms with Crippen molar-refractivity contribution in [1.82, 2.24) is 0 Å². The normalized spacial score (nSPS) is 14.7. The number of para-hydroxylation sites is 1. The van der Waals surface area contributed by atoms with Gasteiger partial charge >= 0.3 is 0 Å². The zero-order valence-electron chi connectivity index (χ0n) is 28.8. The maximum atomic E-state index is 2.55. The summed E-state index contributed by atoms with van der Waals surface area (Å²) in [5, 5.41) is 2.65. The molecule has 0 fully saturated rings. The number of hydrogen-bond acceptors (Lipinski definition) is 2. The number of rotatable bonds is 4. The molecule has 0 radical (unpaired) electrons. The molecule has 240 valence electrons. The maximum Gasteiger partial charge on any atom is 0.0543 e. The molecule has 1 aromatic heterocycles. The van der Waals surface area contributed by atoms with Crippen LogP contribution in [0.4, 0.5) is 17.1 Å². The van der Waals surface area contributed by atoms with E-state index < -0.39 is 0 Å². The molecule has 2 aliphatic rings. The van der Waals surface area contributed by atoms with Crippen LogP contribution in [0.25, 0.3) is 53.6 Å². The van der Waals surface area contributed by atoms with Crippen LogP contribution >= 0.6 is 11.3 Å². The van der Waals surface area contributed by atoms with E-state index in [1.54, 1.807) is 0 Å². The quantitative estimate of drug-likeness (QED) is 0.182. The Morgan fingerprint density at radius 2 is 0.980 bits per heavy atom. The third-order valence-electron chi connectivity index (χ3n) is 11.5. The van der Waals surface area contributed by atoms with E-state index in [0.29, 0.717) is 0 Å². The van der Waals surface area contributed by atoms with Crippen molar-refractivity contribution >= 4 is 48.6 Å². The second-order valence-corrected chi connectivity index (χ2v) is 16.0. The first-order valence-corrected chi connectivity index (χ1v) is 18.4. The number of hydrogen-bond donors (Lipinski definition) is 0. The Kier molecular flexibility index (Phi) is 6.21. The summed E-state index contributed by atoms with van der Waals surface area (Å²) in [5.41, 5.74) is 16.7. The SMILES string of the molecule is CC1(C)c2ccccc2-c2ccc(N(c3ccccc3-c3cccc4sc5ccccc5c34)c3cccc4c3-c3ccccc3C4(C)C)cc21. The third-order valence-corrected chi connectivity index (χ3v) is 12.6. The largest absolute Gasteiger partial charge is 0.309 e. The number of fused-ring (bicyclic) bond motifs is 9. The monoisotopic (exact) mass is 659 g/mol. The Bertz CT molecular complexity index is 2670. The van der Waals surface area contributed by atoms with E-state index in [1.165, 1.54) is 92.9 Å². The van der Waals surface area contributed by atoms with Gasteiger partial charge < -0.3 is 4.90 Å². The smallest absolute Gasteiger partial charge is 0.0543 e. The van der Waals surface area contributed by atoms with Gasteiger partial charge in [0.2, 0.25) is 0 Å². The van der Waals surface area contributed by atoms with Crippen molar-refractivity contribution in [2.45, 2.75) is 38.5 Å². The number of anilines is 3. The Morgan fingerprint density at radius 3 is 1.82 bits per heavy atom. The summed E-state index contributed by atoms with van der Waals surface area (Å²) < 4.78 is 2.64. The Morgan fingerprint density at radius 1 is 0.420 bits per heavy atom. The molecule has 2 heteroatoms. The Labute approximate surface area is 298 Å². The summed E-state index contributed by atoms with van der Waals surface area (Å²) in [4.78, 5) is 2.55. The standard InChI is InChI=1S/C48H37NS/c1-47(2)38-21-10-6-17-35(38)46-39(47)22-14-24-42(46)49(30-27-28-32-31-15-5-9-20-37(31)48(3,4)40(32)29-30)41-23-11-7-16-33(41)34-19-13-26-44-45(34)36-18-8-12-25-43(36)50-44/h5-29H,1-4H3. The minimum Gasteiger partial charge on any atom is -0.309 e. The average molecular weight is 660 g/mol. The minimum absolute atomic E-state index is 0.101. The molecule has 8 aromatic rings. The lowest BCUT2D eigenvalue weighted by atomic mass is 9.82. The first kappa shape index (κ1) is 29.5. The van der Waals surface area contributed by atoms with E-state index in [-0.39, 0.29) is 10.8 Å². The van der Waals surface area contributed by atoms with Gasteiger partial charge in [0, 0.05) is 47.8 Å². The molecular weight excluding hydrogens is 623 g/mol. The lowest BCUT2D eigenvalue weighted by molar-refractivity contribution is 0.660. The maximum absolute atomic E-state index is 2.55. The molecule has 0 saturated carbocycles. The molecule has 0 atom stereocenters. The van der Waals surface area contributed by atoms with Gasteiger partial charge in [-0.1, -0.05) is 143 Å². The van der Waals surface area contributed by atoms with Gasteiger partial charge in [-0.15, -0.1) is 11.3 Å². The summed E-state index contributed by atoms with van der Waals surface area (Å²) in [6, 6.07) is 56.7. The summed E-state index contributed by atoms with van der Waals surface area (Å²) in [5.74, 6) is 0. The van der Waals surface area contributed by atoms with Crippen molar-refractivity contribution in [2.75, 3.05) is 4.90 Å². The third kappa shape index (κ3) is 4.00. The fraction of sp³-hybridized carbons (Fsp3) is 0.125. The topological polar surface area (TPSA) is 3.24 Å². The van der Waals surface area contributed by atoms with E-state index in [1.807, 2.05) is 11.3 Å². The van der Waals surface area contributed by atoms with Crippen molar-refractivity contribution in [3.63, 3.8) is 0 Å². The second-order valence-electron chi connectivity index (χ2n) is 14.9. The molecule has 1 nitrogen and oxygen atoms in total. The first-order valence-electron chi connectivity index (χ1n) is 17.6. The highest BCUT2D eigenvalue weighted by Gasteiger charge is 2.39. The van der Waals surface area contributed by atoms with Gasteiger partial charge in [0.1, 0.15) is 0 Å². The van der Waals surface area contributed by atoms with Crippen LogP contribution in [-0.4, -0.2) is 0 Å². The highest BCUT2D eigenvalue weighted by atomic mass is 32.1. The number of thiophene rings is 1. The van der Waals surface area contributed by atoms with Crippen molar-refractivity contribution < 1.29 is 0 Å². The lowest BCUT2D eigenvalue weighted by Crippen LogP contribution is -2.18. The average Bonchev–Trinajstić information content (AvgIpc) is 3.72. The molecule has 1 heterocycles. The fourth-order valence-electron chi connectivity index (χ4n) is 9.06. The van der Waals surface area contributed by atoms with Crippen LogP contribution in [0.5, 0.6) is 0 Å². The van der Waals surface area contributed by atoms with Crippen molar-refractivity contribution in [2.24, 2.45) is 0 Å². The molecule has 0 amide bonds. The predicted octanol–water partition coefficient (Wildman–Crippen LogP) is 13.8. The van der Waals surface area contributed by atoms with Gasteiger partial charge in [0.05, 0.1) is 11.4 Å². The van der Waals surface area contributed by atoms with Crippen molar-refractivity contribution in [3.8, 4) is 33.4 Å². The zero-order valence-corrected chi connectivity index (χ0v) is 29.6. The molecule has 0 N–H and O–H groups in total. The van der Waals surface area contributed by atoms with Gasteiger partial charge in [0.25, 0.3) is 0 Å². The Balaban J connectivity index is 1.28. The molecule has 0 saturated heterocycles. The van der Waals surface area contributed by atoms with Crippen LogP contribution in [0.1, 0.15) is 49.9 Å². The van der Waals surface area contributed by atoms with E-state index in [4.69, 9.17) is 0 Å². The highest BCUT2D eigenvalue weighted by molar-refractivity contribution is 7.25. The molecule has 0 spiro atoms. The van der Waals surface area contributed by atoms with E-state index in [0.717, 1.165) is 0 Å². The first-order chi connectivity index (χ1) is 24.3. The van der Waals surface area contributed by atoms with Crippen LogP contribution < -0.4 is 4.90 Å². The zero-order chi connectivity index (χ0) is 33.8. The van der Waals surface area contributed by atoms with Crippen molar-refractivity contribution in [1.29, 1.82) is 0 Å². The molecule has 0 unspecified atom stereocenters. The minimum atomic E-state index is -0.110. The van der Waals surface area contributed by atoms with Crippen LogP contribution in [-0.2, 0) is 10.8 Å². The fourth-order valence-corrected chi connectivity index (χ4v) is 10.2. The highest BCUT2D eigenvalue weighted by Crippen LogP contribution is 2.56. The lowest BCUT2D eigenvalue weighted by Gasteiger charge is -2.32. The molecular formula is C48H37NS. The number of benzene rings is 7. The molecule has 2 aliphatic carbocycles. The molecule has 50 heavy (non-hydrogen) atoms. The summed E-state index contributed by atoms with van der Waals surface area (Å²) in [6.45, 7) is 9.50. The molecule has 0 bridgehead atoms. The van der Waals surface area contributed by atoms with Gasteiger partial charge in [0.15, 0.2) is 0 Å². The van der Waals surface area contributed by atoms with Gasteiger partial charge in [-0.3, -0.25) is 0 Å². The van der Waals surface area contributed by atoms with Crippen LogP contribution in [0.2, 0.25) is 0 Å². The molecule has 7 aromatic carbocycles. The second kappa shape index (κ2) is 10.5. The summed E-state index contributed by atoms with van der Waals surface area (Å²) in [7, 11) is 0. The van der Waals surface area contributed by atoms with Crippen LogP contribution in [0, 0.1) is 0 Å². The van der Waals surface area contributed by atoms with E-state index in [9.17, 15) is 0 Å².